The molecule has 0 unspecified atom stereocenters. The van der Waals surface area contributed by atoms with Crippen LogP contribution in [0.5, 0.6) is 0 Å². The van der Waals surface area contributed by atoms with Gasteiger partial charge in [0.05, 0.1) is 15.9 Å². The Kier molecular flexibility index (Phi) is 3.86. The predicted molar refractivity (Wildman–Crippen MR) is 94.4 cm³/mol. The van der Waals surface area contributed by atoms with Crippen molar-refractivity contribution >= 4 is 33.3 Å². The maximum absolute atomic E-state index is 12.2. The molecule has 0 atom stereocenters. The Hall–Kier alpha value is -2.54. The van der Waals surface area contributed by atoms with Gasteiger partial charge in [-0.1, -0.05) is 12.1 Å². The molecule has 0 aliphatic carbocycles. The van der Waals surface area contributed by atoms with Gasteiger partial charge in [0.1, 0.15) is 0 Å². The Morgan fingerprint density at radius 3 is 2.83 bits per heavy atom. The minimum atomic E-state index is -0.0928. The van der Waals surface area contributed by atoms with Gasteiger partial charge >= 0.3 is 0 Å². The summed E-state index contributed by atoms with van der Waals surface area (Å²) >= 11 is 1.43. The van der Waals surface area contributed by atoms with E-state index in [9.17, 15) is 4.79 Å². The Morgan fingerprint density at radius 1 is 1.25 bits per heavy atom. The number of carbonyl (C=O) groups excluding carboxylic acids is 1. The van der Waals surface area contributed by atoms with E-state index < -0.39 is 0 Å². The number of hydrogen-bond acceptors (Lipinski definition) is 6. The molecule has 7 heteroatoms. The topological polar surface area (TPSA) is 71.0 Å². The van der Waals surface area contributed by atoms with Crippen LogP contribution in [0.4, 0.5) is 5.82 Å². The molecule has 3 aromatic rings. The smallest absolute Gasteiger partial charge is 0.280 e. The summed E-state index contributed by atoms with van der Waals surface area (Å²) in [5.74, 6) is 1.24. The summed E-state index contributed by atoms with van der Waals surface area (Å²) in [6.07, 6.45) is 0. The number of anilines is 1. The van der Waals surface area contributed by atoms with E-state index in [-0.39, 0.29) is 5.91 Å². The third kappa shape index (κ3) is 2.94. The van der Waals surface area contributed by atoms with E-state index in [0.717, 1.165) is 34.8 Å². The van der Waals surface area contributed by atoms with Crippen LogP contribution in [0.1, 0.15) is 15.5 Å². The summed E-state index contributed by atoms with van der Waals surface area (Å²) in [7, 11) is 0. The first-order chi connectivity index (χ1) is 11.7. The van der Waals surface area contributed by atoms with E-state index in [1.165, 1.54) is 11.3 Å². The first-order valence-corrected chi connectivity index (χ1v) is 8.70. The number of thiazole rings is 1. The third-order valence-corrected chi connectivity index (χ3v) is 5.14. The van der Waals surface area contributed by atoms with Crippen molar-refractivity contribution in [2.45, 2.75) is 6.92 Å². The van der Waals surface area contributed by atoms with E-state index in [1.54, 1.807) is 0 Å². The number of para-hydroxylation sites is 1. The fourth-order valence-electron chi connectivity index (χ4n) is 2.73. The normalized spacial score (nSPS) is 14.6. The molecule has 3 heterocycles. The van der Waals surface area contributed by atoms with E-state index in [0.29, 0.717) is 17.5 Å². The van der Waals surface area contributed by atoms with Crippen LogP contribution in [0.25, 0.3) is 10.2 Å². The van der Waals surface area contributed by atoms with Crippen molar-refractivity contribution in [3.63, 3.8) is 0 Å². The number of aryl methyl sites for hydroxylation is 1. The zero-order valence-electron chi connectivity index (χ0n) is 13.3. The lowest BCUT2D eigenvalue weighted by molar-refractivity contribution is 0.0944. The van der Waals surface area contributed by atoms with Gasteiger partial charge in [-0.3, -0.25) is 4.79 Å². The van der Waals surface area contributed by atoms with Crippen molar-refractivity contribution in [3.8, 4) is 0 Å². The number of benzene rings is 1. The van der Waals surface area contributed by atoms with Crippen molar-refractivity contribution < 1.29 is 4.79 Å². The number of nitrogens with zero attached hydrogens (tertiary/aromatic N) is 4. The SMILES string of the molecule is Cc1ccc(N2CC(CNC(=O)c3nc4ccccc4s3)C2)nn1. The first-order valence-electron chi connectivity index (χ1n) is 7.88. The van der Waals surface area contributed by atoms with Gasteiger partial charge in [0, 0.05) is 25.6 Å². The second kappa shape index (κ2) is 6.16. The van der Waals surface area contributed by atoms with Gasteiger partial charge < -0.3 is 10.2 Å². The predicted octanol–water partition coefficient (Wildman–Crippen LogP) is 2.26. The van der Waals surface area contributed by atoms with Crippen LogP contribution in [-0.4, -0.2) is 40.7 Å². The Balaban J connectivity index is 1.30. The highest BCUT2D eigenvalue weighted by atomic mass is 32.1. The van der Waals surface area contributed by atoms with Crippen molar-refractivity contribution in [1.82, 2.24) is 20.5 Å². The van der Waals surface area contributed by atoms with E-state index >= 15 is 0 Å². The number of rotatable bonds is 4. The highest BCUT2D eigenvalue weighted by molar-refractivity contribution is 7.20. The fourth-order valence-corrected chi connectivity index (χ4v) is 3.61. The van der Waals surface area contributed by atoms with Crippen LogP contribution in [0.2, 0.25) is 0 Å². The summed E-state index contributed by atoms with van der Waals surface area (Å²) in [5, 5.41) is 11.8. The fraction of sp³-hybridized carbons (Fsp3) is 0.294. The molecule has 2 aromatic heterocycles. The number of amides is 1. The highest BCUT2D eigenvalue weighted by Gasteiger charge is 2.28. The maximum Gasteiger partial charge on any atom is 0.280 e. The molecule has 0 saturated carbocycles. The van der Waals surface area contributed by atoms with Gasteiger partial charge in [0.15, 0.2) is 10.8 Å². The lowest BCUT2D eigenvalue weighted by Crippen LogP contribution is -2.51. The van der Waals surface area contributed by atoms with Gasteiger partial charge in [0.2, 0.25) is 0 Å². The molecule has 122 valence electrons. The van der Waals surface area contributed by atoms with E-state index in [1.807, 2.05) is 43.3 Å². The molecule has 1 aliphatic rings. The molecule has 1 aromatic carbocycles. The largest absolute Gasteiger partial charge is 0.354 e. The van der Waals surface area contributed by atoms with Crippen LogP contribution in [0, 0.1) is 12.8 Å². The molecular formula is C17H17N5OS. The monoisotopic (exact) mass is 339 g/mol. The van der Waals surface area contributed by atoms with Gasteiger partial charge in [-0.15, -0.1) is 16.4 Å². The second-order valence-electron chi connectivity index (χ2n) is 6.00. The van der Waals surface area contributed by atoms with Crippen LogP contribution >= 0.6 is 11.3 Å². The molecule has 0 bridgehead atoms. The molecule has 1 saturated heterocycles. The average Bonchev–Trinajstić information content (AvgIpc) is 2.99. The molecule has 1 aliphatic heterocycles. The molecule has 1 amide bonds. The highest BCUT2D eigenvalue weighted by Crippen LogP contribution is 2.23. The van der Waals surface area contributed by atoms with E-state index in [4.69, 9.17) is 0 Å². The number of nitrogens with one attached hydrogen (secondary N) is 1. The Morgan fingerprint density at radius 2 is 2.08 bits per heavy atom. The minimum Gasteiger partial charge on any atom is -0.354 e. The van der Waals surface area contributed by atoms with Crippen LogP contribution in [0.15, 0.2) is 36.4 Å². The lowest BCUT2D eigenvalue weighted by Gasteiger charge is -2.39. The number of aromatic nitrogens is 3. The standard InChI is InChI=1S/C17H17N5OS/c1-11-6-7-15(21-20-11)22-9-12(10-22)8-18-16(23)17-19-13-4-2-3-5-14(13)24-17/h2-7,12H,8-10H2,1H3,(H,18,23). The summed E-state index contributed by atoms with van der Waals surface area (Å²) in [4.78, 5) is 18.8. The first kappa shape index (κ1) is 15.0. The lowest BCUT2D eigenvalue weighted by atomic mass is 10.0. The summed E-state index contributed by atoms with van der Waals surface area (Å²) < 4.78 is 1.04. The van der Waals surface area contributed by atoms with Crippen LogP contribution in [0.3, 0.4) is 0 Å². The van der Waals surface area contributed by atoms with Crippen molar-refractivity contribution in [2.24, 2.45) is 5.92 Å². The molecule has 1 N–H and O–H groups in total. The van der Waals surface area contributed by atoms with E-state index in [2.05, 4.69) is 25.4 Å². The number of hydrogen-bond donors (Lipinski definition) is 1. The molecule has 24 heavy (non-hydrogen) atoms. The zero-order valence-corrected chi connectivity index (χ0v) is 14.1. The minimum absolute atomic E-state index is 0.0928. The summed E-state index contributed by atoms with van der Waals surface area (Å²) in [6, 6.07) is 11.7. The second-order valence-corrected chi connectivity index (χ2v) is 7.03. The third-order valence-electron chi connectivity index (χ3n) is 4.10. The number of fused-ring (bicyclic) bond motifs is 1. The van der Waals surface area contributed by atoms with Crippen LogP contribution in [-0.2, 0) is 0 Å². The summed E-state index contributed by atoms with van der Waals surface area (Å²) in [5.41, 5.74) is 1.79. The van der Waals surface area contributed by atoms with Crippen molar-refractivity contribution in [1.29, 1.82) is 0 Å². The average molecular weight is 339 g/mol. The number of carbonyl (C=O) groups is 1. The quantitative estimate of drug-likeness (QED) is 0.789. The molecule has 1 fully saturated rings. The molecular weight excluding hydrogens is 322 g/mol. The van der Waals surface area contributed by atoms with Gasteiger partial charge in [0.25, 0.3) is 5.91 Å². The molecule has 4 rings (SSSR count). The van der Waals surface area contributed by atoms with Crippen molar-refractivity contribution in [2.75, 3.05) is 24.5 Å². The maximum atomic E-state index is 12.2. The zero-order chi connectivity index (χ0) is 16.5. The Bertz CT molecular complexity index is 837. The van der Waals surface area contributed by atoms with Gasteiger partial charge in [-0.25, -0.2) is 4.98 Å². The van der Waals surface area contributed by atoms with Gasteiger partial charge in [-0.05, 0) is 31.2 Å². The molecule has 0 radical (unpaired) electrons. The van der Waals surface area contributed by atoms with Crippen LogP contribution < -0.4 is 10.2 Å². The Labute approximate surface area is 143 Å². The molecule has 0 spiro atoms. The summed E-state index contributed by atoms with van der Waals surface area (Å²) in [6.45, 7) is 4.35. The molecule has 6 nitrogen and oxygen atoms in total. The van der Waals surface area contributed by atoms with Crippen molar-refractivity contribution in [3.05, 3.63) is 47.1 Å². The van der Waals surface area contributed by atoms with Gasteiger partial charge in [-0.2, -0.15) is 5.10 Å².